The highest BCUT2D eigenvalue weighted by molar-refractivity contribution is 5.76. The van der Waals surface area contributed by atoms with Crippen molar-refractivity contribution in [3.05, 3.63) is 12.4 Å². The summed E-state index contributed by atoms with van der Waals surface area (Å²) in [7, 11) is 0. The van der Waals surface area contributed by atoms with Crippen LogP contribution in [0, 0.1) is 5.92 Å². The standard InChI is InChI=1S/C11H18N4O/c12-10-7-14-15(8-10)5-4-13-11(16)6-9-2-1-3-9/h7-9H,1-6,12H2,(H,13,16). The predicted molar refractivity (Wildman–Crippen MR) is 61.6 cm³/mol. The summed E-state index contributed by atoms with van der Waals surface area (Å²) in [4.78, 5) is 11.5. The molecule has 0 aromatic carbocycles. The average Bonchev–Trinajstić information content (AvgIpc) is 2.58. The monoisotopic (exact) mass is 222 g/mol. The number of nitrogens with one attached hydrogen (secondary N) is 1. The Hall–Kier alpha value is -1.52. The number of carbonyl (C=O) groups excluding carboxylic acids is 1. The fourth-order valence-electron chi connectivity index (χ4n) is 1.84. The third-order valence-electron chi connectivity index (χ3n) is 3.02. The lowest BCUT2D eigenvalue weighted by molar-refractivity contribution is -0.122. The van der Waals surface area contributed by atoms with E-state index in [4.69, 9.17) is 5.73 Å². The largest absolute Gasteiger partial charge is 0.396 e. The Morgan fingerprint density at radius 3 is 3.00 bits per heavy atom. The van der Waals surface area contributed by atoms with Crippen LogP contribution in [0.4, 0.5) is 5.69 Å². The van der Waals surface area contributed by atoms with Crippen molar-refractivity contribution in [2.75, 3.05) is 12.3 Å². The molecule has 1 aliphatic carbocycles. The van der Waals surface area contributed by atoms with Crippen LogP contribution in [0.1, 0.15) is 25.7 Å². The third kappa shape index (κ3) is 2.98. The molecule has 0 saturated heterocycles. The minimum Gasteiger partial charge on any atom is -0.396 e. The maximum Gasteiger partial charge on any atom is 0.220 e. The molecule has 16 heavy (non-hydrogen) atoms. The molecular weight excluding hydrogens is 204 g/mol. The van der Waals surface area contributed by atoms with Crippen LogP contribution in [0.5, 0.6) is 0 Å². The first-order chi connectivity index (χ1) is 7.74. The molecule has 1 fully saturated rings. The molecule has 0 atom stereocenters. The first-order valence-electron chi connectivity index (χ1n) is 5.78. The van der Waals surface area contributed by atoms with E-state index in [2.05, 4.69) is 10.4 Å². The molecule has 1 aromatic rings. The van der Waals surface area contributed by atoms with Crippen LogP contribution in [0.15, 0.2) is 12.4 Å². The van der Waals surface area contributed by atoms with Gasteiger partial charge in [-0.15, -0.1) is 0 Å². The third-order valence-corrected chi connectivity index (χ3v) is 3.02. The van der Waals surface area contributed by atoms with E-state index in [1.807, 2.05) is 0 Å². The van der Waals surface area contributed by atoms with Gasteiger partial charge in [0.25, 0.3) is 0 Å². The number of nitrogens with zero attached hydrogens (tertiary/aromatic N) is 2. The van der Waals surface area contributed by atoms with Gasteiger partial charge in [0.15, 0.2) is 0 Å². The van der Waals surface area contributed by atoms with Gasteiger partial charge in [0.2, 0.25) is 5.91 Å². The van der Waals surface area contributed by atoms with Gasteiger partial charge >= 0.3 is 0 Å². The summed E-state index contributed by atoms with van der Waals surface area (Å²) in [5.41, 5.74) is 6.18. The highest BCUT2D eigenvalue weighted by Crippen LogP contribution is 2.28. The van der Waals surface area contributed by atoms with Gasteiger partial charge < -0.3 is 11.1 Å². The number of amides is 1. The highest BCUT2D eigenvalue weighted by atomic mass is 16.1. The molecule has 2 rings (SSSR count). The van der Waals surface area contributed by atoms with Crippen molar-refractivity contribution in [2.45, 2.75) is 32.2 Å². The van der Waals surface area contributed by atoms with E-state index in [1.54, 1.807) is 17.1 Å². The van der Waals surface area contributed by atoms with Gasteiger partial charge in [-0.25, -0.2) is 0 Å². The smallest absolute Gasteiger partial charge is 0.220 e. The first-order valence-corrected chi connectivity index (χ1v) is 5.78. The van der Waals surface area contributed by atoms with E-state index in [1.165, 1.54) is 19.3 Å². The summed E-state index contributed by atoms with van der Waals surface area (Å²) >= 11 is 0. The van der Waals surface area contributed by atoms with Crippen LogP contribution in [0.25, 0.3) is 0 Å². The number of aromatic nitrogens is 2. The molecule has 1 saturated carbocycles. The Morgan fingerprint density at radius 1 is 1.62 bits per heavy atom. The number of nitrogens with two attached hydrogens (primary N) is 1. The summed E-state index contributed by atoms with van der Waals surface area (Å²) in [6.07, 6.45) is 7.76. The molecular formula is C11H18N4O. The number of anilines is 1. The average molecular weight is 222 g/mol. The topological polar surface area (TPSA) is 72.9 Å². The Bertz CT molecular complexity index is 357. The summed E-state index contributed by atoms with van der Waals surface area (Å²) < 4.78 is 1.74. The van der Waals surface area contributed by atoms with E-state index < -0.39 is 0 Å². The van der Waals surface area contributed by atoms with Gasteiger partial charge in [0.05, 0.1) is 18.4 Å². The molecule has 3 N–H and O–H groups in total. The zero-order valence-electron chi connectivity index (χ0n) is 9.35. The summed E-state index contributed by atoms with van der Waals surface area (Å²) in [6, 6.07) is 0. The normalized spacial score (nSPS) is 15.8. The molecule has 0 unspecified atom stereocenters. The van der Waals surface area contributed by atoms with Gasteiger partial charge in [-0.3, -0.25) is 9.48 Å². The fraction of sp³-hybridized carbons (Fsp3) is 0.636. The van der Waals surface area contributed by atoms with Crippen molar-refractivity contribution in [1.82, 2.24) is 15.1 Å². The van der Waals surface area contributed by atoms with Crippen LogP contribution in [-0.2, 0) is 11.3 Å². The number of hydrogen-bond donors (Lipinski definition) is 2. The van der Waals surface area contributed by atoms with E-state index in [9.17, 15) is 4.79 Å². The number of hydrogen-bond acceptors (Lipinski definition) is 3. The zero-order valence-corrected chi connectivity index (χ0v) is 9.35. The molecule has 0 bridgehead atoms. The summed E-state index contributed by atoms with van der Waals surface area (Å²) in [5.74, 6) is 0.783. The zero-order chi connectivity index (χ0) is 11.4. The Kier molecular flexibility index (Phi) is 3.44. The maximum absolute atomic E-state index is 11.5. The fourth-order valence-corrected chi connectivity index (χ4v) is 1.84. The highest BCUT2D eigenvalue weighted by Gasteiger charge is 2.20. The van der Waals surface area contributed by atoms with Gasteiger partial charge in [0.1, 0.15) is 0 Å². The molecule has 1 amide bonds. The number of nitrogen functional groups attached to an aromatic ring is 1. The van der Waals surface area contributed by atoms with Gasteiger partial charge in [0, 0.05) is 19.2 Å². The Balaban J connectivity index is 1.61. The van der Waals surface area contributed by atoms with E-state index in [-0.39, 0.29) is 5.91 Å². The lowest BCUT2D eigenvalue weighted by Gasteiger charge is -2.24. The number of carbonyl (C=O) groups is 1. The second kappa shape index (κ2) is 5.01. The van der Waals surface area contributed by atoms with Crippen LogP contribution in [0.2, 0.25) is 0 Å². The van der Waals surface area contributed by atoms with E-state index >= 15 is 0 Å². The molecule has 1 aromatic heterocycles. The predicted octanol–water partition coefficient (Wildman–Crippen LogP) is 0.772. The van der Waals surface area contributed by atoms with Crippen LogP contribution >= 0.6 is 0 Å². The molecule has 1 heterocycles. The van der Waals surface area contributed by atoms with Gasteiger partial charge in [-0.2, -0.15) is 5.10 Å². The second-order valence-electron chi connectivity index (χ2n) is 4.39. The van der Waals surface area contributed by atoms with Crippen molar-refractivity contribution in [2.24, 2.45) is 5.92 Å². The number of rotatable bonds is 5. The van der Waals surface area contributed by atoms with Crippen molar-refractivity contribution in [1.29, 1.82) is 0 Å². The molecule has 5 nitrogen and oxygen atoms in total. The Morgan fingerprint density at radius 2 is 2.44 bits per heavy atom. The lowest BCUT2D eigenvalue weighted by Crippen LogP contribution is -2.30. The van der Waals surface area contributed by atoms with Crippen molar-refractivity contribution >= 4 is 11.6 Å². The van der Waals surface area contributed by atoms with Gasteiger partial charge in [-0.1, -0.05) is 6.42 Å². The summed E-state index contributed by atoms with van der Waals surface area (Å²) in [5, 5.41) is 6.94. The minimum atomic E-state index is 0.157. The summed E-state index contributed by atoms with van der Waals surface area (Å²) in [6.45, 7) is 1.29. The minimum absolute atomic E-state index is 0.157. The maximum atomic E-state index is 11.5. The molecule has 0 radical (unpaired) electrons. The lowest BCUT2D eigenvalue weighted by atomic mass is 9.83. The first kappa shape index (κ1) is 11.0. The van der Waals surface area contributed by atoms with Crippen LogP contribution in [-0.4, -0.2) is 22.2 Å². The molecule has 0 spiro atoms. The van der Waals surface area contributed by atoms with Crippen molar-refractivity contribution in [3.63, 3.8) is 0 Å². The molecule has 1 aliphatic rings. The Labute approximate surface area is 95.0 Å². The van der Waals surface area contributed by atoms with Gasteiger partial charge in [-0.05, 0) is 18.8 Å². The SMILES string of the molecule is Nc1cnn(CCNC(=O)CC2CCC2)c1. The quantitative estimate of drug-likeness (QED) is 0.773. The van der Waals surface area contributed by atoms with E-state index in [0.717, 1.165) is 0 Å². The van der Waals surface area contributed by atoms with Crippen LogP contribution in [0.3, 0.4) is 0 Å². The molecule has 5 heteroatoms. The van der Waals surface area contributed by atoms with E-state index in [0.29, 0.717) is 31.1 Å². The van der Waals surface area contributed by atoms with Crippen molar-refractivity contribution < 1.29 is 4.79 Å². The molecule has 88 valence electrons. The van der Waals surface area contributed by atoms with Crippen molar-refractivity contribution in [3.8, 4) is 0 Å². The second-order valence-corrected chi connectivity index (χ2v) is 4.39. The molecule has 0 aliphatic heterocycles. The van der Waals surface area contributed by atoms with Crippen LogP contribution < -0.4 is 11.1 Å².